The van der Waals surface area contributed by atoms with Gasteiger partial charge in [0.15, 0.2) is 7.38 Å². The van der Waals surface area contributed by atoms with Gasteiger partial charge in [-0.1, -0.05) is 35.9 Å². The predicted molar refractivity (Wildman–Crippen MR) is 51.1 cm³/mol. The number of hydrogen-bond acceptors (Lipinski definition) is 0. The van der Waals surface area contributed by atoms with Gasteiger partial charge in [-0.15, -0.1) is 0 Å². The summed E-state index contributed by atoms with van der Waals surface area (Å²) in [5, 5.41) is 0. The van der Waals surface area contributed by atoms with Crippen molar-refractivity contribution in [1.29, 1.82) is 0 Å². The fourth-order valence-electron chi connectivity index (χ4n) is 0.542. The molecule has 56 valence electrons. The molecule has 9 heavy (non-hydrogen) atoms. The molecule has 0 nitrogen and oxygen atoms in total. The van der Waals surface area contributed by atoms with Crippen LogP contribution in [0.25, 0.3) is 0 Å². The SMILES string of the molecule is CC(Br)CC[Si](C)(C)Cl. The molecular weight excluding hydrogens is 216 g/mol. The lowest BCUT2D eigenvalue weighted by molar-refractivity contribution is 0.907. The summed E-state index contributed by atoms with van der Waals surface area (Å²) >= 11 is 9.59. The van der Waals surface area contributed by atoms with Gasteiger partial charge in [0.05, 0.1) is 0 Å². The van der Waals surface area contributed by atoms with Crippen molar-refractivity contribution in [3.05, 3.63) is 0 Å². The minimum atomic E-state index is -1.28. The topological polar surface area (TPSA) is 0 Å². The van der Waals surface area contributed by atoms with Crippen LogP contribution in [-0.4, -0.2) is 12.2 Å². The molecule has 0 rings (SSSR count). The Bertz CT molecular complexity index is 77.6. The third kappa shape index (κ3) is 8.99. The number of halogens is 2. The fraction of sp³-hybridized carbons (Fsp3) is 1.00. The van der Waals surface area contributed by atoms with Crippen LogP contribution in [0.3, 0.4) is 0 Å². The molecule has 0 aliphatic carbocycles. The van der Waals surface area contributed by atoms with Crippen LogP contribution >= 0.6 is 27.0 Å². The van der Waals surface area contributed by atoms with Gasteiger partial charge in [-0.05, 0) is 12.5 Å². The van der Waals surface area contributed by atoms with Crippen LogP contribution in [0.4, 0.5) is 0 Å². The van der Waals surface area contributed by atoms with Crippen molar-refractivity contribution in [2.24, 2.45) is 0 Å². The van der Waals surface area contributed by atoms with Crippen molar-refractivity contribution in [2.75, 3.05) is 0 Å². The smallest absolute Gasteiger partial charge is 0.150 e. The van der Waals surface area contributed by atoms with Crippen LogP contribution in [0, 0.1) is 0 Å². The third-order valence-corrected chi connectivity index (χ3v) is 3.64. The summed E-state index contributed by atoms with van der Waals surface area (Å²) in [6, 6.07) is 1.21. The van der Waals surface area contributed by atoms with Crippen LogP contribution < -0.4 is 0 Å². The van der Waals surface area contributed by atoms with Gasteiger partial charge in [0.1, 0.15) is 0 Å². The summed E-state index contributed by atoms with van der Waals surface area (Å²) in [5.41, 5.74) is 0. The minimum Gasteiger partial charge on any atom is -0.168 e. The molecule has 1 unspecified atom stereocenters. The van der Waals surface area contributed by atoms with Gasteiger partial charge in [0.25, 0.3) is 0 Å². The fourth-order valence-corrected chi connectivity index (χ4v) is 2.64. The molecule has 1 atom stereocenters. The van der Waals surface area contributed by atoms with Crippen molar-refractivity contribution in [2.45, 2.75) is 37.3 Å². The molecule has 0 heterocycles. The van der Waals surface area contributed by atoms with Crippen molar-refractivity contribution in [3.63, 3.8) is 0 Å². The molecular formula is C6H14BrClSi. The molecule has 0 aromatic rings. The highest BCUT2D eigenvalue weighted by atomic mass is 79.9. The maximum atomic E-state index is 6.10. The summed E-state index contributed by atoms with van der Waals surface area (Å²) < 4.78 is 0. The molecule has 0 aromatic heterocycles. The molecule has 0 N–H and O–H groups in total. The first-order chi connectivity index (χ1) is 3.92. The number of hydrogen-bond donors (Lipinski definition) is 0. The number of rotatable bonds is 3. The van der Waals surface area contributed by atoms with Gasteiger partial charge in [0, 0.05) is 4.83 Å². The zero-order chi connectivity index (χ0) is 7.49. The lowest BCUT2D eigenvalue weighted by Gasteiger charge is -2.12. The second kappa shape index (κ2) is 3.99. The molecule has 0 aliphatic heterocycles. The molecule has 0 amide bonds. The van der Waals surface area contributed by atoms with E-state index in [1.807, 2.05) is 0 Å². The van der Waals surface area contributed by atoms with E-state index in [1.54, 1.807) is 0 Å². The van der Waals surface area contributed by atoms with Crippen LogP contribution in [0.2, 0.25) is 19.1 Å². The molecule has 0 aromatic carbocycles. The zero-order valence-corrected chi connectivity index (χ0v) is 9.59. The Labute approximate surface area is 71.8 Å². The van der Waals surface area contributed by atoms with Crippen LogP contribution in [0.15, 0.2) is 0 Å². The highest BCUT2D eigenvalue weighted by molar-refractivity contribution is 9.09. The van der Waals surface area contributed by atoms with Crippen LogP contribution in [0.5, 0.6) is 0 Å². The summed E-state index contributed by atoms with van der Waals surface area (Å²) in [7, 11) is -1.28. The molecule has 0 fully saturated rings. The third-order valence-electron chi connectivity index (χ3n) is 1.14. The van der Waals surface area contributed by atoms with Crippen molar-refractivity contribution >= 4 is 34.4 Å². The second-order valence-corrected chi connectivity index (χ2v) is 11.6. The maximum absolute atomic E-state index is 6.10. The molecule has 0 radical (unpaired) electrons. The normalized spacial score (nSPS) is 15.7. The monoisotopic (exact) mass is 228 g/mol. The van der Waals surface area contributed by atoms with E-state index >= 15 is 0 Å². The molecule has 3 heteroatoms. The Balaban J connectivity index is 3.28. The minimum absolute atomic E-state index is 0.628. The lowest BCUT2D eigenvalue weighted by atomic mass is 10.4. The van der Waals surface area contributed by atoms with Crippen molar-refractivity contribution in [1.82, 2.24) is 0 Å². The van der Waals surface area contributed by atoms with Crippen molar-refractivity contribution in [3.8, 4) is 0 Å². The van der Waals surface area contributed by atoms with E-state index in [-0.39, 0.29) is 0 Å². The Morgan fingerprint density at radius 1 is 1.56 bits per heavy atom. The van der Waals surface area contributed by atoms with Crippen molar-refractivity contribution < 1.29 is 0 Å². The first-order valence-corrected chi connectivity index (χ1v) is 8.38. The van der Waals surface area contributed by atoms with E-state index < -0.39 is 7.38 Å². The quantitative estimate of drug-likeness (QED) is 0.394. The Morgan fingerprint density at radius 3 is 2.11 bits per heavy atom. The summed E-state index contributed by atoms with van der Waals surface area (Å²) in [4.78, 5) is 0.628. The van der Waals surface area contributed by atoms with E-state index in [0.717, 1.165) is 0 Å². The van der Waals surface area contributed by atoms with Gasteiger partial charge < -0.3 is 0 Å². The number of alkyl halides is 1. The molecule has 0 spiro atoms. The van der Waals surface area contributed by atoms with Crippen LogP contribution in [-0.2, 0) is 0 Å². The Morgan fingerprint density at radius 2 is 2.00 bits per heavy atom. The molecule has 0 aliphatic rings. The Hall–Kier alpha value is 0.987. The largest absolute Gasteiger partial charge is 0.168 e. The summed E-state index contributed by atoms with van der Waals surface area (Å²) in [6.45, 7) is 6.53. The predicted octanol–water partition coefficient (Wildman–Crippen LogP) is 3.60. The van der Waals surface area contributed by atoms with Gasteiger partial charge in [-0.25, -0.2) is 0 Å². The van der Waals surface area contributed by atoms with E-state index in [9.17, 15) is 0 Å². The molecule has 0 saturated heterocycles. The standard InChI is InChI=1S/C6H14BrClSi/c1-6(7)4-5-9(2,3)8/h6H,4-5H2,1-3H3. The van der Waals surface area contributed by atoms with Gasteiger partial charge in [-0.3, -0.25) is 0 Å². The highest BCUT2D eigenvalue weighted by Gasteiger charge is 2.16. The zero-order valence-electron chi connectivity index (χ0n) is 6.25. The van der Waals surface area contributed by atoms with E-state index in [2.05, 4.69) is 35.9 Å². The van der Waals surface area contributed by atoms with Gasteiger partial charge in [0.2, 0.25) is 0 Å². The average molecular weight is 230 g/mol. The average Bonchev–Trinajstić information content (AvgIpc) is 1.59. The second-order valence-electron chi connectivity index (χ2n) is 3.04. The first-order valence-electron chi connectivity index (χ1n) is 3.25. The molecule has 0 bridgehead atoms. The van der Waals surface area contributed by atoms with Gasteiger partial charge in [-0.2, -0.15) is 11.1 Å². The van der Waals surface area contributed by atoms with E-state index in [0.29, 0.717) is 4.83 Å². The highest BCUT2D eigenvalue weighted by Crippen LogP contribution is 2.19. The van der Waals surface area contributed by atoms with E-state index in [4.69, 9.17) is 11.1 Å². The maximum Gasteiger partial charge on any atom is 0.150 e. The Kier molecular flexibility index (Phi) is 4.43. The van der Waals surface area contributed by atoms with Crippen LogP contribution in [0.1, 0.15) is 13.3 Å². The summed E-state index contributed by atoms with van der Waals surface area (Å²) in [5.74, 6) is 0. The summed E-state index contributed by atoms with van der Waals surface area (Å²) in [6.07, 6.45) is 1.21. The first kappa shape index (κ1) is 9.99. The van der Waals surface area contributed by atoms with E-state index in [1.165, 1.54) is 12.5 Å². The van der Waals surface area contributed by atoms with Gasteiger partial charge >= 0.3 is 0 Å². The molecule has 0 saturated carbocycles. The lowest BCUT2D eigenvalue weighted by Crippen LogP contribution is -2.16.